The Morgan fingerprint density at radius 3 is 2.50 bits per heavy atom. The Bertz CT molecular complexity index is 455. The third kappa shape index (κ3) is 3.67. The fourth-order valence-electron chi connectivity index (χ4n) is 1.57. The van der Waals surface area contributed by atoms with Crippen molar-refractivity contribution in [3.63, 3.8) is 0 Å². The van der Waals surface area contributed by atoms with Crippen LogP contribution >= 0.6 is 11.8 Å². The molecule has 100 valence electrons. The van der Waals surface area contributed by atoms with Crippen molar-refractivity contribution < 1.29 is 4.79 Å². The summed E-state index contributed by atoms with van der Waals surface area (Å²) in [6.45, 7) is 8.73. The van der Waals surface area contributed by atoms with E-state index in [1.165, 1.54) is 0 Å². The van der Waals surface area contributed by atoms with Gasteiger partial charge in [0.05, 0.1) is 0 Å². The number of thioether (sulfide) groups is 1. The van der Waals surface area contributed by atoms with Crippen molar-refractivity contribution in [2.45, 2.75) is 32.4 Å². The summed E-state index contributed by atoms with van der Waals surface area (Å²) >= 11 is 1.73. The van der Waals surface area contributed by atoms with Gasteiger partial charge < -0.3 is 11.1 Å². The van der Waals surface area contributed by atoms with Crippen LogP contribution in [0.3, 0.4) is 0 Å². The Hall–Kier alpha value is -1.16. The van der Waals surface area contributed by atoms with E-state index in [4.69, 9.17) is 5.73 Å². The molecule has 0 unspecified atom stereocenters. The summed E-state index contributed by atoms with van der Waals surface area (Å²) in [6.07, 6.45) is 2.04. The molecular formula is C14H22N2OS. The van der Waals surface area contributed by atoms with E-state index in [2.05, 4.69) is 19.2 Å². The van der Waals surface area contributed by atoms with E-state index in [-0.39, 0.29) is 10.7 Å². The smallest absolute Gasteiger partial charge is 0.251 e. The molecular weight excluding hydrogens is 244 g/mol. The third-order valence-electron chi connectivity index (χ3n) is 3.08. The maximum Gasteiger partial charge on any atom is 0.251 e. The number of nitrogens with two attached hydrogens (primary N) is 1. The first-order valence-corrected chi connectivity index (χ1v) is 7.19. The van der Waals surface area contributed by atoms with Crippen molar-refractivity contribution in [1.82, 2.24) is 5.32 Å². The molecule has 0 aliphatic heterocycles. The van der Waals surface area contributed by atoms with Crippen LogP contribution in [0.1, 0.15) is 35.3 Å². The van der Waals surface area contributed by atoms with Gasteiger partial charge >= 0.3 is 0 Å². The molecule has 0 saturated heterocycles. The number of nitrogens with one attached hydrogen (secondary N) is 1. The molecule has 3 nitrogen and oxygen atoms in total. The highest BCUT2D eigenvalue weighted by molar-refractivity contribution is 7.99. The van der Waals surface area contributed by atoms with Crippen molar-refractivity contribution in [1.29, 1.82) is 0 Å². The molecule has 0 saturated carbocycles. The van der Waals surface area contributed by atoms with Crippen LogP contribution in [0.2, 0.25) is 0 Å². The number of aryl methyl sites for hydroxylation is 2. The number of amides is 1. The maximum absolute atomic E-state index is 12.1. The zero-order valence-corrected chi connectivity index (χ0v) is 12.6. The Labute approximate surface area is 114 Å². The minimum atomic E-state index is -0.0543. The van der Waals surface area contributed by atoms with Crippen LogP contribution < -0.4 is 11.1 Å². The lowest BCUT2D eigenvalue weighted by atomic mass is 10.0. The summed E-state index contributed by atoms with van der Waals surface area (Å²) in [5, 5.41) is 2.96. The van der Waals surface area contributed by atoms with E-state index in [0.717, 1.165) is 11.1 Å². The number of anilines is 1. The number of nitrogen functional groups attached to an aromatic ring is 1. The Kier molecular flexibility index (Phi) is 4.68. The van der Waals surface area contributed by atoms with Crippen LogP contribution in [0, 0.1) is 13.8 Å². The van der Waals surface area contributed by atoms with Crippen LogP contribution in [0.5, 0.6) is 0 Å². The molecule has 18 heavy (non-hydrogen) atoms. The van der Waals surface area contributed by atoms with E-state index < -0.39 is 0 Å². The standard InChI is InChI=1S/C14H22N2OS/c1-9-6-10(2)12(15)7-11(9)13(17)16-8-14(3,4)18-5/h6-7H,8,15H2,1-5H3,(H,16,17). The average Bonchev–Trinajstić information content (AvgIpc) is 2.31. The number of carbonyl (C=O) groups excluding carboxylic acids is 1. The number of rotatable bonds is 4. The van der Waals surface area contributed by atoms with Crippen LogP contribution in [0.15, 0.2) is 12.1 Å². The maximum atomic E-state index is 12.1. The topological polar surface area (TPSA) is 55.1 Å². The number of hydrogen-bond donors (Lipinski definition) is 2. The van der Waals surface area contributed by atoms with Crippen molar-refractivity contribution in [3.05, 3.63) is 28.8 Å². The van der Waals surface area contributed by atoms with Crippen LogP contribution in [-0.4, -0.2) is 23.5 Å². The van der Waals surface area contributed by atoms with Crippen molar-refractivity contribution in [2.75, 3.05) is 18.5 Å². The molecule has 0 fully saturated rings. The minimum absolute atomic E-state index is 0.0415. The highest BCUT2D eigenvalue weighted by Gasteiger charge is 2.18. The molecule has 0 aromatic heterocycles. The molecule has 0 aliphatic carbocycles. The van der Waals surface area contributed by atoms with Crippen molar-refractivity contribution in [3.8, 4) is 0 Å². The summed E-state index contributed by atoms with van der Waals surface area (Å²) in [6, 6.07) is 3.70. The lowest BCUT2D eigenvalue weighted by Gasteiger charge is -2.22. The molecule has 4 heteroatoms. The minimum Gasteiger partial charge on any atom is -0.398 e. The molecule has 1 aromatic rings. The second-order valence-corrected chi connectivity index (χ2v) is 6.68. The average molecular weight is 266 g/mol. The van der Waals surface area contributed by atoms with Gasteiger partial charge in [-0.15, -0.1) is 0 Å². The first-order valence-electron chi connectivity index (χ1n) is 5.97. The van der Waals surface area contributed by atoms with Gasteiger partial charge in [0, 0.05) is 22.5 Å². The van der Waals surface area contributed by atoms with Gasteiger partial charge in [0.25, 0.3) is 5.91 Å². The molecule has 0 atom stereocenters. The molecule has 0 aliphatic rings. The van der Waals surface area contributed by atoms with Crippen LogP contribution in [0.4, 0.5) is 5.69 Å². The number of benzene rings is 1. The lowest BCUT2D eigenvalue weighted by Crippen LogP contribution is -2.36. The van der Waals surface area contributed by atoms with Gasteiger partial charge in [-0.05, 0) is 51.1 Å². The Morgan fingerprint density at radius 1 is 1.33 bits per heavy atom. The van der Waals surface area contributed by atoms with E-state index in [9.17, 15) is 4.79 Å². The predicted molar refractivity (Wildman–Crippen MR) is 80.3 cm³/mol. The second-order valence-electron chi connectivity index (χ2n) is 5.17. The zero-order valence-electron chi connectivity index (χ0n) is 11.8. The quantitative estimate of drug-likeness (QED) is 0.824. The molecule has 1 amide bonds. The molecule has 0 radical (unpaired) electrons. The highest BCUT2D eigenvalue weighted by atomic mass is 32.2. The van der Waals surface area contributed by atoms with E-state index in [1.807, 2.05) is 26.2 Å². The van der Waals surface area contributed by atoms with Gasteiger partial charge in [0.15, 0.2) is 0 Å². The Balaban J connectivity index is 2.82. The molecule has 0 bridgehead atoms. The van der Waals surface area contributed by atoms with Gasteiger partial charge in [-0.2, -0.15) is 11.8 Å². The van der Waals surface area contributed by atoms with E-state index >= 15 is 0 Å². The van der Waals surface area contributed by atoms with E-state index in [1.54, 1.807) is 17.8 Å². The van der Waals surface area contributed by atoms with Gasteiger partial charge in [-0.1, -0.05) is 6.07 Å². The second kappa shape index (κ2) is 5.65. The first-order chi connectivity index (χ1) is 8.26. The van der Waals surface area contributed by atoms with E-state index in [0.29, 0.717) is 17.8 Å². The third-order valence-corrected chi connectivity index (χ3v) is 4.33. The zero-order chi connectivity index (χ0) is 13.9. The normalized spacial score (nSPS) is 11.4. The van der Waals surface area contributed by atoms with Gasteiger partial charge in [-0.3, -0.25) is 4.79 Å². The fourth-order valence-corrected chi connectivity index (χ4v) is 1.79. The molecule has 3 N–H and O–H groups in total. The summed E-state index contributed by atoms with van der Waals surface area (Å²) in [5.74, 6) is -0.0543. The van der Waals surface area contributed by atoms with Gasteiger partial charge in [0.2, 0.25) is 0 Å². The van der Waals surface area contributed by atoms with Crippen molar-refractivity contribution >= 4 is 23.4 Å². The number of hydrogen-bond acceptors (Lipinski definition) is 3. The van der Waals surface area contributed by atoms with Gasteiger partial charge in [0.1, 0.15) is 0 Å². The van der Waals surface area contributed by atoms with Gasteiger partial charge in [-0.25, -0.2) is 0 Å². The van der Waals surface area contributed by atoms with Crippen LogP contribution in [-0.2, 0) is 0 Å². The molecule has 1 rings (SSSR count). The van der Waals surface area contributed by atoms with Crippen molar-refractivity contribution in [2.24, 2.45) is 0 Å². The monoisotopic (exact) mass is 266 g/mol. The highest BCUT2D eigenvalue weighted by Crippen LogP contribution is 2.21. The Morgan fingerprint density at radius 2 is 1.94 bits per heavy atom. The summed E-state index contributed by atoms with van der Waals surface area (Å²) in [4.78, 5) is 12.1. The fraction of sp³-hybridized carbons (Fsp3) is 0.500. The SMILES string of the molecule is CSC(C)(C)CNC(=O)c1cc(N)c(C)cc1C. The first kappa shape index (κ1) is 14.9. The largest absolute Gasteiger partial charge is 0.398 e. The summed E-state index contributed by atoms with van der Waals surface area (Å²) in [7, 11) is 0. The number of carbonyl (C=O) groups is 1. The molecule has 0 spiro atoms. The lowest BCUT2D eigenvalue weighted by molar-refractivity contribution is 0.0950. The van der Waals surface area contributed by atoms with Crippen LogP contribution in [0.25, 0.3) is 0 Å². The molecule has 1 aromatic carbocycles. The summed E-state index contributed by atoms with van der Waals surface area (Å²) < 4.78 is 0.0415. The summed E-state index contributed by atoms with van der Waals surface area (Å²) in [5.41, 5.74) is 9.14. The molecule has 0 heterocycles. The predicted octanol–water partition coefficient (Wildman–Crippen LogP) is 2.76.